The molecule has 0 spiro atoms. The van der Waals surface area contributed by atoms with Crippen molar-refractivity contribution < 1.29 is 0 Å². The molecule has 1 aliphatic heterocycles. The second kappa shape index (κ2) is 3.81. The first-order valence-electron chi connectivity index (χ1n) is 4.73. The van der Waals surface area contributed by atoms with Crippen molar-refractivity contribution in [1.82, 2.24) is 5.32 Å². The summed E-state index contributed by atoms with van der Waals surface area (Å²) >= 11 is 3.54. The molecule has 0 amide bonds. The molecule has 1 aromatic rings. The van der Waals surface area contributed by atoms with E-state index in [1.165, 1.54) is 22.0 Å². The average Bonchev–Trinajstić information content (AvgIpc) is 2.53. The zero-order valence-electron chi connectivity index (χ0n) is 7.81. The SMILES string of the molecule is Cc1cc(Br)cc([C@@H]2CCNC2)c1. The fraction of sp³-hybridized carbons (Fsp3) is 0.455. The highest BCUT2D eigenvalue weighted by Gasteiger charge is 2.16. The van der Waals surface area contributed by atoms with Crippen LogP contribution in [0.4, 0.5) is 0 Å². The Kier molecular flexibility index (Phi) is 2.70. The van der Waals surface area contributed by atoms with E-state index in [0.717, 1.165) is 19.0 Å². The number of hydrogen-bond donors (Lipinski definition) is 1. The van der Waals surface area contributed by atoms with Gasteiger partial charge in [0.25, 0.3) is 0 Å². The highest BCUT2D eigenvalue weighted by molar-refractivity contribution is 9.10. The Morgan fingerprint density at radius 2 is 2.23 bits per heavy atom. The Bertz CT molecular complexity index is 283. The first-order valence-corrected chi connectivity index (χ1v) is 5.53. The Labute approximate surface area is 87.7 Å². The first-order chi connectivity index (χ1) is 6.25. The largest absolute Gasteiger partial charge is 0.316 e. The number of rotatable bonds is 1. The number of nitrogens with one attached hydrogen (secondary N) is 1. The van der Waals surface area contributed by atoms with Gasteiger partial charge in [-0.1, -0.05) is 22.0 Å². The van der Waals surface area contributed by atoms with Crippen LogP contribution in [0, 0.1) is 6.92 Å². The van der Waals surface area contributed by atoms with Gasteiger partial charge in [-0.05, 0) is 49.1 Å². The molecule has 0 aliphatic carbocycles. The summed E-state index contributed by atoms with van der Waals surface area (Å²) in [6.07, 6.45) is 1.27. The molecule has 2 rings (SSSR count). The Morgan fingerprint density at radius 3 is 2.85 bits per heavy atom. The van der Waals surface area contributed by atoms with Gasteiger partial charge in [-0.2, -0.15) is 0 Å². The summed E-state index contributed by atoms with van der Waals surface area (Å²) < 4.78 is 1.20. The van der Waals surface area contributed by atoms with Crippen molar-refractivity contribution in [2.45, 2.75) is 19.3 Å². The topological polar surface area (TPSA) is 12.0 Å². The van der Waals surface area contributed by atoms with E-state index in [1.807, 2.05) is 0 Å². The van der Waals surface area contributed by atoms with Crippen LogP contribution in [-0.2, 0) is 0 Å². The van der Waals surface area contributed by atoms with Gasteiger partial charge in [0.1, 0.15) is 0 Å². The molecule has 2 heteroatoms. The molecule has 0 unspecified atom stereocenters. The van der Waals surface area contributed by atoms with Crippen LogP contribution < -0.4 is 5.32 Å². The molecule has 1 nitrogen and oxygen atoms in total. The summed E-state index contributed by atoms with van der Waals surface area (Å²) in [5.41, 5.74) is 2.81. The third-order valence-corrected chi connectivity index (χ3v) is 3.05. The molecule has 1 heterocycles. The standard InChI is InChI=1S/C11H14BrN/c1-8-4-10(6-11(12)5-8)9-2-3-13-7-9/h4-6,9,13H,2-3,7H2,1H3/t9-/m1/s1. The monoisotopic (exact) mass is 239 g/mol. The molecule has 1 aliphatic rings. The van der Waals surface area contributed by atoms with Crippen molar-refractivity contribution in [2.24, 2.45) is 0 Å². The maximum atomic E-state index is 3.54. The summed E-state index contributed by atoms with van der Waals surface area (Å²) in [6, 6.07) is 6.69. The third-order valence-electron chi connectivity index (χ3n) is 2.60. The Morgan fingerprint density at radius 1 is 1.38 bits per heavy atom. The zero-order valence-corrected chi connectivity index (χ0v) is 9.39. The molecule has 0 radical (unpaired) electrons. The van der Waals surface area contributed by atoms with Crippen LogP contribution in [0.15, 0.2) is 22.7 Å². The van der Waals surface area contributed by atoms with Crippen molar-refractivity contribution in [2.75, 3.05) is 13.1 Å². The maximum absolute atomic E-state index is 3.54. The van der Waals surface area contributed by atoms with Crippen molar-refractivity contribution in [3.8, 4) is 0 Å². The van der Waals surface area contributed by atoms with E-state index >= 15 is 0 Å². The lowest BCUT2D eigenvalue weighted by Gasteiger charge is -2.10. The first kappa shape index (κ1) is 9.22. The van der Waals surface area contributed by atoms with Crippen molar-refractivity contribution >= 4 is 15.9 Å². The molecule has 1 atom stereocenters. The van der Waals surface area contributed by atoms with E-state index in [0.29, 0.717) is 0 Å². The van der Waals surface area contributed by atoms with Crippen LogP contribution in [0.2, 0.25) is 0 Å². The van der Waals surface area contributed by atoms with Crippen LogP contribution in [0.1, 0.15) is 23.5 Å². The second-order valence-electron chi connectivity index (χ2n) is 3.75. The lowest BCUT2D eigenvalue weighted by Crippen LogP contribution is -2.08. The lowest BCUT2D eigenvalue weighted by atomic mass is 9.97. The minimum absolute atomic E-state index is 0.719. The van der Waals surface area contributed by atoms with Crippen LogP contribution in [0.25, 0.3) is 0 Å². The number of halogens is 1. The molecule has 1 aromatic carbocycles. The van der Waals surface area contributed by atoms with Crippen molar-refractivity contribution in [3.63, 3.8) is 0 Å². The lowest BCUT2D eigenvalue weighted by molar-refractivity contribution is 0.762. The van der Waals surface area contributed by atoms with Gasteiger partial charge in [0.15, 0.2) is 0 Å². The predicted molar refractivity (Wildman–Crippen MR) is 59.1 cm³/mol. The quantitative estimate of drug-likeness (QED) is 0.795. The second-order valence-corrected chi connectivity index (χ2v) is 4.67. The summed E-state index contributed by atoms with van der Waals surface area (Å²) in [6.45, 7) is 4.45. The van der Waals surface area contributed by atoms with Crippen LogP contribution in [-0.4, -0.2) is 13.1 Å². The molecule has 1 saturated heterocycles. The van der Waals surface area contributed by atoms with Gasteiger partial charge in [0.05, 0.1) is 0 Å². The summed E-state index contributed by atoms with van der Waals surface area (Å²) in [7, 11) is 0. The van der Waals surface area contributed by atoms with Gasteiger partial charge >= 0.3 is 0 Å². The van der Waals surface area contributed by atoms with Gasteiger partial charge in [-0.25, -0.2) is 0 Å². The van der Waals surface area contributed by atoms with Crippen molar-refractivity contribution in [3.05, 3.63) is 33.8 Å². The van der Waals surface area contributed by atoms with Gasteiger partial charge in [-0.3, -0.25) is 0 Å². The molecule has 70 valence electrons. The van der Waals surface area contributed by atoms with E-state index in [9.17, 15) is 0 Å². The number of hydrogen-bond acceptors (Lipinski definition) is 1. The van der Waals surface area contributed by atoms with E-state index in [1.54, 1.807) is 0 Å². The smallest absolute Gasteiger partial charge is 0.0180 e. The normalized spacial score (nSPS) is 22.2. The Balaban J connectivity index is 2.28. The summed E-state index contributed by atoms with van der Waals surface area (Å²) in [5.74, 6) is 0.719. The average molecular weight is 240 g/mol. The van der Waals surface area contributed by atoms with Gasteiger partial charge in [-0.15, -0.1) is 0 Å². The molecule has 0 bridgehead atoms. The molecule has 13 heavy (non-hydrogen) atoms. The van der Waals surface area contributed by atoms with Crippen LogP contribution >= 0.6 is 15.9 Å². The minimum Gasteiger partial charge on any atom is -0.316 e. The summed E-state index contributed by atoms with van der Waals surface area (Å²) in [5, 5.41) is 3.39. The molecular weight excluding hydrogens is 226 g/mol. The Hall–Kier alpha value is -0.340. The fourth-order valence-electron chi connectivity index (χ4n) is 1.94. The summed E-state index contributed by atoms with van der Waals surface area (Å²) in [4.78, 5) is 0. The highest BCUT2D eigenvalue weighted by Crippen LogP contribution is 2.26. The third kappa shape index (κ3) is 2.12. The molecule has 1 N–H and O–H groups in total. The molecular formula is C11H14BrN. The van der Waals surface area contributed by atoms with E-state index < -0.39 is 0 Å². The van der Waals surface area contributed by atoms with Crippen molar-refractivity contribution in [1.29, 1.82) is 0 Å². The van der Waals surface area contributed by atoms with Gasteiger partial charge in [0, 0.05) is 11.0 Å². The van der Waals surface area contributed by atoms with Gasteiger partial charge < -0.3 is 5.32 Å². The predicted octanol–water partition coefficient (Wildman–Crippen LogP) is 2.83. The number of aryl methyl sites for hydroxylation is 1. The van der Waals surface area contributed by atoms with Crippen LogP contribution in [0.3, 0.4) is 0 Å². The van der Waals surface area contributed by atoms with Gasteiger partial charge in [0.2, 0.25) is 0 Å². The molecule has 0 aromatic heterocycles. The molecule has 0 saturated carbocycles. The van der Waals surface area contributed by atoms with E-state index in [-0.39, 0.29) is 0 Å². The van der Waals surface area contributed by atoms with E-state index in [4.69, 9.17) is 0 Å². The maximum Gasteiger partial charge on any atom is 0.0180 e. The minimum atomic E-state index is 0.719. The molecule has 1 fully saturated rings. The zero-order chi connectivity index (χ0) is 9.26. The highest BCUT2D eigenvalue weighted by atomic mass is 79.9. The van der Waals surface area contributed by atoms with Crippen LogP contribution in [0.5, 0.6) is 0 Å². The number of benzene rings is 1. The van der Waals surface area contributed by atoms with E-state index in [2.05, 4.69) is 46.4 Å². The fourth-order valence-corrected chi connectivity index (χ4v) is 2.56.